The van der Waals surface area contributed by atoms with Gasteiger partial charge in [-0.05, 0) is 86.2 Å². The molecule has 0 atom stereocenters. The number of aliphatic carboxylic acids is 1. The molecule has 1 amide bonds. The lowest BCUT2D eigenvalue weighted by Gasteiger charge is -2.07. The highest BCUT2D eigenvalue weighted by molar-refractivity contribution is 7.98. The standard InChI is InChI=1S/C18H30BNO3S.C12H24O2S.C6H8BNO2.B3H/c1-24-14-9-7-5-3-2-4-6-8-13-18(21)20-17-12-10-11-16(15-17)19(22)23;1-15-11-9-7-5-3-2-4-6-8-10-12(13)14;8-6-3-1-2-5(4-6)7(9)10;1-3-2/h10-12,15,22-23H,2-9,13-14H2,1H3,(H,20,21);2-11H2,1H3,(H,13,14);1-4,9-10H,8H2;3H/i;;;3D. The lowest BCUT2D eigenvalue weighted by molar-refractivity contribution is -0.137. The third-order valence-corrected chi connectivity index (χ3v) is 9.06. The average molecular weight is 755 g/mol. The first-order valence-electron chi connectivity index (χ1n) is 19.0. The Bertz CT molecular complexity index is 1160. The van der Waals surface area contributed by atoms with Gasteiger partial charge < -0.3 is 36.3 Å². The zero-order valence-electron chi connectivity index (χ0n) is 32.6. The Morgan fingerprint density at radius 1 is 0.692 bits per heavy atom. The molecule has 286 valence electrons. The third kappa shape index (κ3) is 36.4. The fraction of sp³-hybridized carbons (Fsp3) is 0.611. The highest BCUT2D eigenvalue weighted by atomic mass is 32.2. The molecule has 0 saturated heterocycles. The minimum absolute atomic E-state index is 0.0170. The van der Waals surface area contributed by atoms with Gasteiger partial charge in [0, 0.05) is 46.7 Å². The van der Waals surface area contributed by atoms with Crippen molar-refractivity contribution in [2.24, 2.45) is 0 Å². The molecule has 0 heterocycles. The van der Waals surface area contributed by atoms with Crippen LogP contribution in [0.2, 0.25) is 0 Å². The number of rotatable bonds is 25. The number of carboxylic acid groups (broad SMARTS) is 1. The third-order valence-electron chi connectivity index (χ3n) is 7.67. The molecule has 9 nitrogen and oxygen atoms in total. The maximum Gasteiger partial charge on any atom is 0.488 e. The average Bonchev–Trinajstić information content (AvgIpc) is 3.10. The maximum absolute atomic E-state index is 11.9. The van der Waals surface area contributed by atoms with Crippen LogP contribution < -0.4 is 22.0 Å². The zero-order valence-corrected chi connectivity index (χ0v) is 33.2. The van der Waals surface area contributed by atoms with Gasteiger partial charge in [-0.25, -0.2) is 0 Å². The molecule has 0 aromatic heterocycles. The van der Waals surface area contributed by atoms with Crippen LogP contribution in [0.4, 0.5) is 11.4 Å². The molecule has 2 aromatic rings. The number of nitrogens with two attached hydrogens (primary N) is 1. The number of carbonyl (C=O) groups excluding carboxylic acids is 1. The van der Waals surface area contributed by atoms with E-state index in [1.54, 1.807) is 42.5 Å². The lowest BCUT2D eigenvalue weighted by Crippen LogP contribution is -2.30. The van der Waals surface area contributed by atoms with Crippen molar-refractivity contribution in [3.63, 3.8) is 0 Å². The Hall–Kier alpha value is -1.96. The van der Waals surface area contributed by atoms with E-state index < -0.39 is 27.2 Å². The zero-order chi connectivity index (χ0) is 40.1. The summed E-state index contributed by atoms with van der Waals surface area (Å²) >= 11 is 3.84. The van der Waals surface area contributed by atoms with Gasteiger partial charge in [-0.3, -0.25) is 9.59 Å². The van der Waals surface area contributed by atoms with Crippen LogP contribution in [0.15, 0.2) is 48.5 Å². The van der Waals surface area contributed by atoms with Crippen LogP contribution >= 0.6 is 23.5 Å². The fourth-order valence-electron chi connectivity index (χ4n) is 4.90. The Kier molecular flexibility index (Phi) is 37.3. The quantitative estimate of drug-likeness (QED) is 0.0430. The van der Waals surface area contributed by atoms with Crippen molar-refractivity contribution in [1.29, 1.82) is 1.34 Å². The van der Waals surface area contributed by atoms with Gasteiger partial charge in [0.2, 0.25) is 5.91 Å². The van der Waals surface area contributed by atoms with Crippen LogP contribution in [0.1, 0.15) is 116 Å². The number of carbonyl (C=O) groups is 2. The van der Waals surface area contributed by atoms with Gasteiger partial charge in [0.05, 0.1) is 0 Å². The number of hydrogen-bond donors (Lipinski definition) is 7. The number of thioether (sulfide) groups is 2. The van der Waals surface area contributed by atoms with E-state index in [2.05, 4.69) is 33.3 Å². The molecule has 0 fully saturated rings. The number of nitrogen functional groups attached to an aromatic ring is 1. The van der Waals surface area contributed by atoms with Gasteiger partial charge in [-0.1, -0.05) is 101 Å². The second kappa shape index (κ2) is 38.8. The van der Waals surface area contributed by atoms with Crippen LogP contribution in [0, 0.1) is 0 Å². The van der Waals surface area contributed by atoms with Gasteiger partial charge in [0.15, 0.2) is 0 Å². The Morgan fingerprint density at radius 3 is 1.46 bits per heavy atom. The van der Waals surface area contributed by atoms with Crippen LogP contribution in [-0.4, -0.2) is 99.2 Å². The number of nitrogens with one attached hydrogen (secondary N) is 1. The number of unbranched alkanes of at least 4 members (excludes halogenated alkanes) is 14. The number of hydrogen-bond acceptors (Lipinski definition) is 9. The smallest absolute Gasteiger partial charge is 0.481 e. The van der Waals surface area contributed by atoms with Gasteiger partial charge in [-0.15, -0.1) is 0 Å². The van der Waals surface area contributed by atoms with Crippen molar-refractivity contribution in [2.45, 2.75) is 116 Å². The van der Waals surface area contributed by atoms with E-state index in [0.717, 1.165) is 25.7 Å². The van der Waals surface area contributed by atoms with Crippen molar-refractivity contribution in [2.75, 3.05) is 35.1 Å². The Labute approximate surface area is 328 Å². The first-order chi connectivity index (χ1) is 25.3. The molecule has 0 unspecified atom stereocenters. The van der Waals surface area contributed by atoms with Crippen molar-refractivity contribution >= 4 is 94.4 Å². The van der Waals surface area contributed by atoms with Gasteiger partial charge >= 0.3 is 20.2 Å². The van der Waals surface area contributed by atoms with E-state index in [-0.39, 0.29) is 5.91 Å². The molecule has 0 aliphatic rings. The topological polar surface area (TPSA) is 173 Å². The molecule has 8 N–H and O–H groups in total. The Balaban J connectivity index is 0. The van der Waals surface area contributed by atoms with E-state index in [9.17, 15) is 9.59 Å². The molecule has 16 heteroatoms. The van der Waals surface area contributed by atoms with Crippen molar-refractivity contribution in [3.8, 4) is 0 Å². The monoisotopic (exact) mass is 755 g/mol. The molecule has 2 aromatic carbocycles. The molecule has 4 radical (unpaired) electrons. The van der Waals surface area contributed by atoms with Crippen LogP contribution in [0.25, 0.3) is 0 Å². The van der Waals surface area contributed by atoms with Crippen LogP contribution in [0.3, 0.4) is 0 Å². The first-order valence-corrected chi connectivity index (χ1v) is 21.2. The minimum atomic E-state index is -1.51. The Morgan fingerprint density at radius 2 is 1.08 bits per heavy atom. The lowest BCUT2D eigenvalue weighted by atomic mass is 9.40. The molecule has 0 saturated carbocycles. The number of anilines is 2. The molecular weight excluding hydrogens is 691 g/mol. The predicted octanol–water partition coefficient (Wildman–Crippen LogP) is 4.66. The number of amides is 1. The summed E-state index contributed by atoms with van der Waals surface area (Å²) in [5.74, 6) is 1.89. The van der Waals surface area contributed by atoms with Crippen molar-refractivity contribution < 1.29 is 34.8 Å². The van der Waals surface area contributed by atoms with Gasteiger partial charge in [0.1, 0.15) is 0 Å². The number of benzene rings is 2. The predicted molar refractivity (Wildman–Crippen MR) is 232 cm³/mol. The van der Waals surface area contributed by atoms with E-state index in [4.69, 9.17) is 32.3 Å². The summed E-state index contributed by atoms with van der Waals surface area (Å²) in [4.78, 5) is 22.1. The highest BCUT2D eigenvalue weighted by Gasteiger charge is 2.12. The maximum atomic E-state index is 11.9. The van der Waals surface area contributed by atoms with E-state index in [0.29, 0.717) is 35.1 Å². The minimum Gasteiger partial charge on any atom is -0.481 e. The summed E-state index contributed by atoms with van der Waals surface area (Å²) < 4.78 is 6.14. The summed E-state index contributed by atoms with van der Waals surface area (Å²) in [6.45, 7) is 0. The van der Waals surface area contributed by atoms with E-state index in [1.807, 2.05) is 23.5 Å². The molecule has 52 heavy (non-hydrogen) atoms. The summed E-state index contributed by atoms with van der Waals surface area (Å²) in [7, 11) is 5.26. The van der Waals surface area contributed by atoms with Gasteiger partial charge in [0.25, 0.3) is 0 Å². The largest absolute Gasteiger partial charge is 0.488 e. The van der Waals surface area contributed by atoms with E-state index in [1.165, 1.54) is 94.6 Å². The molecular formula is C36H63B5N2O7S2. The van der Waals surface area contributed by atoms with Crippen LogP contribution in [0.5, 0.6) is 0 Å². The first kappa shape index (κ1) is 50.0. The SMILES string of the molecule is CSCCCCCCCCCCC(=O)Nc1cccc(B(O)O)c1.CSCCCCCCCCCCC(=O)O.Nc1cccc(B(O)O)c1.[2H]B([B])[B]. The second-order valence-corrected chi connectivity index (χ2v) is 14.3. The normalized spacial score (nSPS) is 10.2. The molecule has 0 bridgehead atoms. The summed E-state index contributed by atoms with van der Waals surface area (Å²) in [6, 6.07) is 13.1. The fourth-order valence-corrected chi connectivity index (χ4v) is 5.88. The summed E-state index contributed by atoms with van der Waals surface area (Å²) in [5, 5.41) is 46.8. The molecule has 0 aliphatic carbocycles. The van der Waals surface area contributed by atoms with Crippen LogP contribution in [-0.2, 0) is 9.59 Å². The van der Waals surface area contributed by atoms with Gasteiger partial charge in [-0.2, -0.15) is 23.5 Å². The number of carboxylic acids is 1. The highest BCUT2D eigenvalue weighted by Crippen LogP contribution is 2.13. The van der Waals surface area contributed by atoms with E-state index >= 15 is 0 Å². The molecule has 2 rings (SSSR count). The molecule has 0 spiro atoms. The summed E-state index contributed by atoms with van der Waals surface area (Å²) in [5.41, 5.74) is 7.31. The second-order valence-electron chi connectivity index (χ2n) is 12.3. The van der Waals surface area contributed by atoms with Crippen molar-refractivity contribution in [1.82, 2.24) is 0 Å². The molecule has 0 aliphatic heterocycles. The van der Waals surface area contributed by atoms with Crippen molar-refractivity contribution in [3.05, 3.63) is 48.5 Å². The summed E-state index contributed by atoms with van der Waals surface area (Å²) in [6.07, 6.45) is 24.7.